The molecule has 4 aromatic rings. The van der Waals surface area contributed by atoms with Crippen molar-refractivity contribution < 1.29 is 5.21 Å². The van der Waals surface area contributed by atoms with Crippen molar-refractivity contribution in [3.8, 4) is 22.4 Å². The van der Waals surface area contributed by atoms with Gasteiger partial charge in [0.2, 0.25) is 0 Å². The van der Waals surface area contributed by atoms with Crippen LogP contribution in [0.2, 0.25) is 0 Å². The van der Waals surface area contributed by atoms with E-state index < -0.39 is 0 Å². The standard InChI is InChI=1S/C23H16N2O/c26-24-14-20-16-7-2-3-8-17(16)23-18(20)9-5-10-19(23)22-13-12-15-6-1-4-11-21(15)25-22/h1-14,20,26H. The van der Waals surface area contributed by atoms with Crippen molar-refractivity contribution >= 4 is 17.1 Å². The fraction of sp³-hybridized carbons (Fsp3) is 0.0435. The summed E-state index contributed by atoms with van der Waals surface area (Å²) >= 11 is 0. The van der Waals surface area contributed by atoms with Crippen molar-refractivity contribution in [1.29, 1.82) is 0 Å². The van der Waals surface area contributed by atoms with Crippen LogP contribution in [0.15, 0.2) is 84.0 Å². The second kappa shape index (κ2) is 5.81. The van der Waals surface area contributed by atoms with E-state index in [1.807, 2.05) is 30.3 Å². The molecule has 3 aromatic carbocycles. The Hall–Kier alpha value is -3.46. The summed E-state index contributed by atoms with van der Waals surface area (Å²) in [7, 11) is 0. The summed E-state index contributed by atoms with van der Waals surface area (Å²) in [4.78, 5) is 4.88. The molecule has 1 aliphatic carbocycles. The second-order valence-electron chi connectivity index (χ2n) is 6.49. The summed E-state index contributed by atoms with van der Waals surface area (Å²) in [6.07, 6.45) is 1.60. The molecule has 1 heterocycles. The molecule has 0 saturated heterocycles. The quantitative estimate of drug-likeness (QED) is 0.299. The number of nitrogens with zero attached hydrogens (tertiary/aromatic N) is 2. The van der Waals surface area contributed by atoms with E-state index in [9.17, 15) is 0 Å². The Bertz CT molecular complexity index is 1160. The number of para-hydroxylation sites is 1. The average Bonchev–Trinajstić information content (AvgIpc) is 3.02. The van der Waals surface area contributed by atoms with Gasteiger partial charge in [-0.3, -0.25) is 0 Å². The molecule has 0 saturated carbocycles. The highest BCUT2D eigenvalue weighted by molar-refractivity contribution is 5.96. The highest BCUT2D eigenvalue weighted by atomic mass is 16.4. The fourth-order valence-corrected chi connectivity index (χ4v) is 3.95. The molecule has 0 radical (unpaired) electrons. The second-order valence-corrected chi connectivity index (χ2v) is 6.49. The average molecular weight is 336 g/mol. The summed E-state index contributed by atoms with van der Waals surface area (Å²) in [6, 6.07) is 26.9. The molecule has 0 aliphatic heterocycles. The number of oxime groups is 1. The van der Waals surface area contributed by atoms with Crippen LogP contribution >= 0.6 is 0 Å². The zero-order valence-corrected chi connectivity index (χ0v) is 14.0. The van der Waals surface area contributed by atoms with Crippen LogP contribution < -0.4 is 0 Å². The zero-order valence-electron chi connectivity index (χ0n) is 14.0. The molecule has 1 unspecified atom stereocenters. The highest BCUT2D eigenvalue weighted by Gasteiger charge is 2.29. The van der Waals surface area contributed by atoms with E-state index in [0.29, 0.717) is 0 Å². The molecule has 1 aliphatic rings. The summed E-state index contributed by atoms with van der Waals surface area (Å²) in [5, 5.41) is 13.6. The third-order valence-electron chi connectivity index (χ3n) is 5.09. The lowest BCUT2D eigenvalue weighted by atomic mass is 9.95. The van der Waals surface area contributed by atoms with Gasteiger partial charge in [0.1, 0.15) is 0 Å². The number of fused-ring (bicyclic) bond motifs is 4. The third-order valence-corrected chi connectivity index (χ3v) is 5.09. The number of aromatic nitrogens is 1. The minimum absolute atomic E-state index is 0.0355. The largest absolute Gasteiger partial charge is 0.411 e. The van der Waals surface area contributed by atoms with E-state index in [4.69, 9.17) is 10.2 Å². The molecular weight excluding hydrogens is 320 g/mol. The summed E-state index contributed by atoms with van der Waals surface area (Å²) in [5.41, 5.74) is 7.72. The molecule has 1 N–H and O–H groups in total. The topological polar surface area (TPSA) is 45.5 Å². The molecule has 0 bridgehead atoms. The molecule has 3 heteroatoms. The summed E-state index contributed by atoms with van der Waals surface area (Å²) in [6.45, 7) is 0. The van der Waals surface area contributed by atoms with E-state index >= 15 is 0 Å². The van der Waals surface area contributed by atoms with Crippen molar-refractivity contribution in [2.45, 2.75) is 5.92 Å². The van der Waals surface area contributed by atoms with E-state index in [0.717, 1.165) is 33.3 Å². The Morgan fingerprint density at radius 2 is 1.54 bits per heavy atom. The van der Waals surface area contributed by atoms with Crippen LogP contribution in [0.3, 0.4) is 0 Å². The zero-order chi connectivity index (χ0) is 17.5. The lowest BCUT2D eigenvalue weighted by molar-refractivity contribution is 0.320. The van der Waals surface area contributed by atoms with Crippen LogP contribution in [0.4, 0.5) is 0 Å². The van der Waals surface area contributed by atoms with Crippen molar-refractivity contribution in [2.24, 2.45) is 5.16 Å². The van der Waals surface area contributed by atoms with E-state index in [2.05, 4.69) is 53.7 Å². The van der Waals surface area contributed by atoms with Crippen LogP contribution in [-0.2, 0) is 0 Å². The van der Waals surface area contributed by atoms with Crippen molar-refractivity contribution in [2.75, 3.05) is 0 Å². The first kappa shape index (κ1) is 14.8. The SMILES string of the molecule is ON=CC1c2ccccc2-c2c(-c3ccc4ccccc4n3)cccc21. The van der Waals surface area contributed by atoms with Gasteiger partial charge in [-0.15, -0.1) is 5.16 Å². The Labute approximate surface area is 151 Å². The normalized spacial score (nSPS) is 15.3. The molecule has 0 fully saturated rings. The van der Waals surface area contributed by atoms with Gasteiger partial charge in [-0.25, -0.2) is 4.98 Å². The minimum Gasteiger partial charge on any atom is -0.411 e. The molecule has 3 nitrogen and oxygen atoms in total. The van der Waals surface area contributed by atoms with E-state index in [1.165, 1.54) is 11.1 Å². The maximum atomic E-state index is 9.14. The van der Waals surface area contributed by atoms with Crippen LogP contribution in [-0.4, -0.2) is 16.4 Å². The molecule has 26 heavy (non-hydrogen) atoms. The van der Waals surface area contributed by atoms with Gasteiger partial charge < -0.3 is 5.21 Å². The molecule has 0 spiro atoms. The molecule has 124 valence electrons. The monoisotopic (exact) mass is 336 g/mol. The van der Waals surface area contributed by atoms with Gasteiger partial charge in [0.15, 0.2) is 0 Å². The maximum Gasteiger partial charge on any atom is 0.0716 e. The van der Waals surface area contributed by atoms with Crippen molar-refractivity contribution in [1.82, 2.24) is 4.98 Å². The van der Waals surface area contributed by atoms with Crippen LogP contribution in [0, 0.1) is 0 Å². The first-order valence-corrected chi connectivity index (χ1v) is 8.63. The van der Waals surface area contributed by atoms with Crippen LogP contribution in [0.5, 0.6) is 0 Å². The number of rotatable bonds is 2. The Balaban J connectivity index is 1.78. The van der Waals surface area contributed by atoms with Gasteiger partial charge in [0.25, 0.3) is 0 Å². The molecular formula is C23H16N2O. The number of hydrogen-bond acceptors (Lipinski definition) is 3. The lowest BCUT2D eigenvalue weighted by Crippen LogP contribution is -1.98. The van der Waals surface area contributed by atoms with Gasteiger partial charge in [0, 0.05) is 16.9 Å². The van der Waals surface area contributed by atoms with Crippen molar-refractivity contribution in [3.05, 3.63) is 90.0 Å². The first-order valence-electron chi connectivity index (χ1n) is 8.63. The van der Waals surface area contributed by atoms with Crippen LogP contribution in [0.25, 0.3) is 33.3 Å². The molecule has 1 atom stereocenters. The Morgan fingerprint density at radius 1 is 0.769 bits per heavy atom. The van der Waals surface area contributed by atoms with E-state index in [-0.39, 0.29) is 5.92 Å². The van der Waals surface area contributed by atoms with Gasteiger partial charge >= 0.3 is 0 Å². The fourth-order valence-electron chi connectivity index (χ4n) is 3.95. The third kappa shape index (κ3) is 2.14. The van der Waals surface area contributed by atoms with Crippen LogP contribution in [0.1, 0.15) is 17.0 Å². The molecule has 5 rings (SSSR count). The maximum absolute atomic E-state index is 9.14. The summed E-state index contributed by atoms with van der Waals surface area (Å²) < 4.78 is 0. The predicted octanol–water partition coefficient (Wildman–Crippen LogP) is 5.47. The predicted molar refractivity (Wildman–Crippen MR) is 105 cm³/mol. The van der Waals surface area contributed by atoms with Crippen molar-refractivity contribution in [3.63, 3.8) is 0 Å². The molecule has 0 amide bonds. The number of pyridine rings is 1. The minimum atomic E-state index is -0.0355. The van der Waals surface area contributed by atoms with Gasteiger partial charge in [0.05, 0.1) is 17.4 Å². The van der Waals surface area contributed by atoms with Gasteiger partial charge in [-0.1, -0.05) is 66.7 Å². The highest BCUT2D eigenvalue weighted by Crippen LogP contribution is 2.48. The smallest absolute Gasteiger partial charge is 0.0716 e. The Morgan fingerprint density at radius 3 is 2.46 bits per heavy atom. The molecule has 1 aromatic heterocycles. The van der Waals surface area contributed by atoms with Gasteiger partial charge in [-0.2, -0.15) is 0 Å². The van der Waals surface area contributed by atoms with E-state index in [1.54, 1.807) is 6.21 Å². The van der Waals surface area contributed by atoms with Gasteiger partial charge in [-0.05, 0) is 34.4 Å². The number of benzene rings is 3. The number of hydrogen-bond donors (Lipinski definition) is 1. The lowest BCUT2D eigenvalue weighted by Gasteiger charge is -2.11. The summed E-state index contributed by atoms with van der Waals surface area (Å²) in [5.74, 6) is -0.0355. The first-order chi connectivity index (χ1) is 12.9. The Kier molecular flexibility index (Phi) is 3.32.